The highest BCUT2D eigenvalue weighted by molar-refractivity contribution is 6.05. The second-order valence-electron chi connectivity index (χ2n) is 19.4. The predicted octanol–water partition coefficient (Wildman–Crippen LogP) is 11.9. The van der Waals surface area contributed by atoms with E-state index in [0.29, 0.717) is 74.8 Å². The quantitative estimate of drug-likeness (QED) is 0.0794. The van der Waals surface area contributed by atoms with Gasteiger partial charge in [-0.15, -0.1) is 0 Å². The molecule has 15 nitrogen and oxygen atoms in total. The van der Waals surface area contributed by atoms with Gasteiger partial charge in [0.15, 0.2) is 5.78 Å². The molecule has 9 aromatic rings. The van der Waals surface area contributed by atoms with Gasteiger partial charge < -0.3 is 64.6 Å². The van der Waals surface area contributed by atoms with Crippen molar-refractivity contribution in [1.82, 2.24) is 0 Å². The third-order valence-corrected chi connectivity index (χ3v) is 13.8. The van der Waals surface area contributed by atoms with Gasteiger partial charge in [0.2, 0.25) is 5.43 Å². The number of carbonyl (C=O) groups excluding carboxylic acids is 1. The molecule has 3 aliphatic heterocycles. The molecule has 0 fully saturated rings. The minimum atomic E-state index is -0.691. The Bertz CT molecular complexity index is 3810. The molecule has 79 heavy (non-hydrogen) atoms. The van der Waals surface area contributed by atoms with Crippen molar-refractivity contribution >= 4 is 28.4 Å². The Hall–Kier alpha value is -9.86. The first-order valence-corrected chi connectivity index (χ1v) is 25.1. The molecule has 0 bridgehead atoms. The van der Waals surface area contributed by atoms with Crippen molar-refractivity contribution in [3.05, 3.63) is 218 Å². The highest BCUT2D eigenvalue weighted by atomic mass is 16.5. The molecule has 1 aromatic heterocycles. The number of benzene rings is 8. The fourth-order valence-electron chi connectivity index (χ4n) is 9.80. The number of ether oxygens (including phenoxy) is 3. The van der Waals surface area contributed by atoms with E-state index in [1.54, 1.807) is 111 Å². The number of ketones is 1. The van der Waals surface area contributed by atoms with Crippen LogP contribution in [0.25, 0.3) is 33.7 Å². The van der Waals surface area contributed by atoms with Crippen molar-refractivity contribution in [2.45, 2.75) is 45.6 Å². The molecule has 3 atom stereocenters. The van der Waals surface area contributed by atoms with Crippen LogP contribution in [-0.4, -0.2) is 71.6 Å². The maximum Gasteiger partial charge on any atom is 0.200 e. The number of carbonyl (C=O) groups is 1. The lowest BCUT2D eigenvalue weighted by Crippen LogP contribution is -2.26. The number of hydrogen-bond donors (Lipinski definition) is 9. The van der Waals surface area contributed by atoms with Crippen LogP contribution in [0.1, 0.15) is 78.4 Å². The third-order valence-electron chi connectivity index (χ3n) is 13.8. The first kappa shape index (κ1) is 53.9. The number of Topliss-reactive ketones (excluding diaryl/α,β-unsaturated/α-hetero) is 1. The summed E-state index contributed by atoms with van der Waals surface area (Å²) in [5.41, 5.74) is 10.5. The molecule has 0 radical (unpaired) electrons. The van der Waals surface area contributed by atoms with Gasteiger partial charge in [0.1, 0.15) is 88.3 Å². The van der Waals surface area contributed by atoms with Crippen LogP contribution in [0.5, 0.6) is 63.2 Å². The summed E-state index contributed by atoms with van der Waals surface area (Å²) in [4.78, 5) is 25.2. The zero-order valence-corrected chi connectivity index (χ0v) is 43.3. The number of aromatic hydroxyl groups is 8. The van der Waals surface area contributed by atoms with Gasteiger partial charge in [-0.2, -0.15) is 0 Å². The Kier molecular flexibility index (Phi) is 15.6. The summed E-state index contributed by atoms with van der Waals surface area (Å²) in [6.07, 6.45) is 2.75. The fourth-order valence-corrected chi connectivity index (χ4v) is 9.80. The van der Waals surface area contributed by atoms with Gasteiger partial charge in [-0.25, -0.2) is 0 Å². The summed E-state index contributed by atoms with van der Waals surface area (Å²) in [5.74, 6) is 2.35. The highest BCUT2D eigenvalue weighted by Crippen LogP contribution is 2.44. The summed E-state index contributed by atoms with van der Waals surface area (Å²) in [7, 11) is 0. The van der Waals surface area contributed by atoms with Gasteiger partial charge in [-0.1, -0.05) is 48.5 Å². The van der Waals surface area contributed by atoms with Crippen molar-refractivity contribution in [3.8, 4) is 74.4 Å². The SMILES string of the molecule is Cc1cc(O)cc2c1C(=O)C(c1ccc(O)cc1)CO2.Cc1cc(O)cc2c1C(O)C(c1ccc(O)cc1)CO2.Cc1cc(O)cc2c1C=C(c1ccc(O)cc1)CO2.Cc1cc(O)cc2occ(-c3ccc(O)cc3)c(=O)c12. The molecule has 0 saturated heterocycles. The number of aliphatic hydroxyl groups excluding tert-OH is 1. The Morgan fingerprint density at radius 1 is 0.468 bits per heavy atom. The molecular weight excluding hydrogens is 1010 g/mol. The molecule has 402 valence electrons. The molecule has 12 rings (SSSR count). The van der Waals surface area contributed by atoms with E-state index >= 15 is 0 Å². The first-order chi connectivity index (χ1) is 37.8. The van der Waals surface area contributed by atoms with Crippen molar-refractivity contribution in [2.24, 2.45) is 0 Å². The largest absolute Gasteiger partial charge is 0.508 e. The highest BCUT2D eigenvalue weighted by Gasteiger charge is 2.33. The number of rotatable bonds is 4. The number of aryl methyl sites for hydroxylation is 4. The second-order valence-corrected chi connectivity index (χ2v) is 19.4. The average molecular weight is 1070 g/mol. The van der Waals surface area contributed by atoms with Crippen molar-refractivity contribution in [1.29, 1.82) is 0 Å². The Balaban J connectivity index is 0.000000128. The van der Waals surface area contributed by atoms with E-state index in [-0.39, 0.29) is 75.7 Å². The van der Waals surface area contributed by atoms with Crippen LogP contribution in [-0.2, 0) is 0 Å². The number of phenolic OH excluding ortho intramolecular Hbond substituents is 8. The lowest BCUT2D eigenvalue weighted by Gasteiger charge is -2.32. The first-order valence-electron chi connectivity index (χ1n) is 25.1. The summed E-state index contributed by atoms with van der Waals surface area (Å²) in [6, 6.07) is 39.2. The van der Waals surface area contributed by atoms with Crippen molar-refractivity contribution in [3.63, 3.8) is 0 Å². The molecule has 0 amide bonds. The average Bonchev–Trinajstić information content (AvgIpc) is 3.49. The molecule has 9 N–H and O–H groups in total. The Morgan fingerprint density at radius 2 is 0.962 bits per heavy atom. The fraction of sp³-hybridized carbons (Fsp3) is 0.156. The van der Waals surface area contributed by atoms with Gasteiger partial charge in [0.25, 0.3) is 0 Å². The molecule has 3 aliphatic rings. The smallest absolute Gasteiger partial charge is 0.200 e. The molecule has 15 heteroatoms. The monoisotopic (exact) mass is 1060 g/mol. The molecule has 4 heterocycles. The number of aliphatic hydroxyl groups is 1. The molecule has 0 saturated carbocycles. The van der Waals surface area contributed by atoms with E-state index < -0.39 is 6.10 Å². The zero-order chi connectivity index (χ0) is 56.2. The topological polar surface area (TPSA) is 257 Å². The second kappa shape index (κ2) is 22.8. The van der Waals surface area contributed by atoms with E-state index in [4.69, 9.17) is 18.6 Å². The summed E-state index contributed by atoms with van der Waals surface area (Å²) < 4.78 is 22.4. The van der Waals surface area contributed by atoms with Crippen LogP contribution in [0.4, 0.5) is 0 Å². The predicted molar refractivity (Wildman–Crippen MR) is 298 cm³/mol. The third kappa shape index (κ3) is 11.9. The van der Waals surface area contributed by atoms with Crippen LogP contribution in [0.2, 0.25) is 0 Å². The van der Waals surface area contributed by atoms with E-state index in [1.165, 1.54) is 42.7 Å². The normalized spacial score (nSPS) is 15.7. The molecular formula is C64H56O15. The molecule has 0 spiro atoms. The van der Waals surface area contributed by atoms with Crippen molar-refractivity contribution < 1.29 is 69.4 Å². The molecule has 0 aliphatic carbocycles. The maximum atomic E-state index is 12.6. The Morgan fingerprint density at radius 3 is 1.58 bits per heavy atom. The van der Waals surface area contributed by atoms with Crippen LogP contribution in [0, 0.1) is 27.7 Å². The lowest BCUT2D eigenvalue weighted by molar-refractivity contribution is 0.0878. The molecule has 8 aromatic carbocycles. The summed E-state index contributed by atoms with van der Waals surface area (Å²) in [6.45, 7) is 8.34. The van der Waals surface area contributed by atoms with Gasteiger partial charge in [-0.3, -0.25) is 9.59 Å². The zero-order valence-electron chi connectivity index (χ0n) is 43.3. The minimum Gasteiger partial charge on any atom is -0.508 e. The van der Waals surface area contributed by atoms with Crippen LogP contribution < -0.4 is 19.6 Å². The van der Waals surface area contributed by atoms with Crippen molar-refractivity contribution in [2.75, 3.05) is 19.8 Å². The number of fused-ring (bicyclic) bond motifs is 4. The number of hydrogen-bond acceptors (Lipinski definition) is 15. The molecule has 3 unspecified atom stereocenters. The number of phenols is 8. The van der Waals surface area contributed by atoms with Gasteiger partial charge in [-0.05, 0) is 157 Å². The summed E-state index contributed by atoms with van der Waals surface area (Å²) >= 11 is 0. The van der Waals surface area contributed by atoms with Crippen LogP contribution in [0.15, 0.2) is 161 Å². The van der Waals surface area contributed by atoms with Gasteiger partial charge in [0.05, 0.1) is 35.1 Å². The van der Waals surface area contributed by atoms with Gasteiger partial charge >= 0.3 is 0 Å². The van der Waals surface area contributed by atoms with E-state index in [9.17, 15) is 55.5 Å². The lowest BCUT2D eigenvalue weighted by atomic mass is 9.85. The minimum absolute atomic E-state index is 0.0190. The van der Waals surface area contributed by atoms with E-state index in [2.05, 4.69) is 6.08 Å². The van der Waals surface area contributed by atoms with E-state index in [0.717, 1.165) is 39.0 Å². The van der Waals surface area contributed by atoms with E-state index in [1.807, 2.05) is 26.0 Å². The van der Waals surface area contributed by atoms with Crippen LogP contribution in [0.3, 0.4) is 0 Å². The maximum absolute atomic E-state index is 12.6. The van der Waals surface area contributed by atoms with Crippen LogP contribution >= 0.6 is 0 Å². The standard InChI is InChI=1S/C16H16O4.C16H14O4.C16H12O4.C16H14O3/c3*1-9-6-12(18)7-14-15(9)16(19)13(8-20-14)10-2-4-11(17)5-3-10;1-10-6-14(18)8-16-15(10)7-12(9-19-16)11-2-4-13(17)5-3-11/h2-7,13,16-19H,8H2,1H3;2-7,13,17-18H,8H2,1H3;2-8,17-18H,1H3;2-8,17-18H,9H2,1H3. The van der Waals surface area contributed by atoms with Gasteiger partial charge in [0, 0.05) is 41.3 Å². The Labute approximate surface area is 453 Å². The summed E-state index contributed by atoms with van der Waals surface area (Å²) in [5, 5.41) is 86.5.